The molecule has 90 valence electrons. The molecule has 1 aromatic carbocycles. The molecule has 1 rings (SSSR count). The first-order chi connectivity index (χ1) is 7.72. The number of benzene rings is 1. The van der Waals surface area contributed by atoms with Gasteiger partial charge in [0.25, 0.3) is 0 Å². The SMILES string of the molecule is CNCC(C)OCCOc1cccc(Br)c1. The molecule has 0 aliphatic heterocycles. The average Bonchev–Trinajstić information content (AvgIpc) is 2.25. The molecule has 0 amide bonds. The van der Waals surface area contributed by atoms with E-state index in [0.717, 1.165) is 16.8 Å². The molecule has 0 bridgehead atoms. The Labute approximate surface area is 105 Å². The van der Waals surface area contributed by atoms with Gasteiger partial charge in [-0.2, -0.15) is 0 Å². The second-order valence-electron chi connectivity index (χ2n) is 3.54. The van der Waals surface area contributed by atoms with Crippen molar-refractivity contribution >= 4 is 15.9 Å². The van der Waals surface area contributed by atoms with Gasteiger partial charge in [0, 0.05) is 11.0 Å². The van der Waals surface area contributed by atoms with Crippen molar-refractivity contribution in [3.8, 4) is 5.75 Å². The maximum Gasteiger partial charge on any atom is 0.120 e. The van der Waals surface area contributed by atoms with Gasteiger partial charge in [-0.1, -0.05) is 22.0 Å². The highest BCUT2D eigenvalue weighted by Crippen LogP contribution is 2.17. The first-order valence-corrected chi connectivity index (χ1v) is 6.16. The lowest BCUT2D eigenvalue weighted by atomic mass is 10.3. The first kappa shape index (κ1) is 13.5. The minimum Gasteiger partial charge on any atom is -0.491 e. The maximum atomic E-state index is 5.54. The minimum absolute atomic E-state index is 0.219. The Kier molecular flexibility index (Phi) is 6.45. The summed E-state index contributed by atoms with van der Waals surface area (Å²) < 4.78 is 12.1. The van der Waals surface area contributed by atoms with Crippen LogP contribution < -0.4 is 10.1 Å². The zero-order chi connectivity index (χ0) is 11.8. The van der Waals surface area contributed by atoms with Gasteiger partial charge >= 0.3 is 0 Å². The summed E-state index contributed by atoms with van der Waals surface area (Å²) in [6, 6.07) is 7.79. The first-order valence-electron chi connectivity index (χ1n) is 5.37. The van der Waals surface area contributed by atoms with Crippen LogP contribution in [0.1, 0.15) is 6.92 Å². The Bertz CT molecular complexity index is 307. The van der Waals surface area contributed by atoms with Crippen molar-refractivity contribution in [2.24, 2.45) is 0 Å². The highest BCUT2D eigenvalue weighted by atomic mass is 79.9. The van der Waals surface area contributed by atoms with Gasteiger partial charge in [-0.3, -0.25) is 0 Å². The van der Waals surface area contributed by atoms with E-state index in [1.165, 1.54) is 0 Å². The molecule has 16 heavy (non-hydrogen) atoms. The van der Waals surface area contributed by atoms with Gasteiger partial charge in [0.15, 0.2) is 0 Å². The Balaban J connectivity index is 2.16. The fourth-order valence-electron chi connectivity index (χ4n) is 1.31. The van der Waals surface area contributed by atoms with Crippen LogP contribution in [0.25, 0.3) is 0 Å². The lowest BCUT2D eigenvalue weighted by Crippen LogP contribution is -2.25. The number of hydrogen-bond acceptors (Lipinski definition) is 3. The van der Waals surface area contributed by atoms with Crippen molar-refractivity contribution in [3.05, 3.63) is 28.7 Å². The number of nitrogens with one attached hydrogen (secondary N) is 1. The molecule has 0 heterocycles. The second kappa shape index (κ2) is 7.65. The standard InChI is InChI=1S/C12H18BrNO2/c1-10(9-14-2)15-6-7-16-12-5-3-4-11(13)8-12/h3-5,8,10,14H,6-7,9H2,1-2H3. The fourth-order valence-corrected chi connectivity index (χ4v) is 1.69. The normalized spacial score (nSPS) is 12.4. The summed E-state index contributed by atoms with van der Waals surface area (Å²) in [5.74, 6) is 0.860. The molecule has 1 aromatic rings. The third-order valence-corrected chi connectivity index (χ3v) is 2.54. The van der Waals surface area contributed by atoms with Gasteiger partial charge in [-0.15, -0.1) is 0 Å². The molecule has 1 unspecified atom stereocenters. The van der Waals surface area contributed by atoms with Crippen LogP contribution in [0.2, 0.25) is 0 Å². The maximum absolute atomic E-state index is 5.54. The van der Waals surface area contributed by atoms with E-state index >= 15 is 0 Å². The zero-order valence-electron chi connectivity index (χ0n) is 9.70. The molecule has 1 N–H and O–H groups in total. The van der Waals surface area contributed by atoms with Crippen molar-refractivity contribution in [1.29, 1.82) is 0 Å². The van der Waals surface area contributed by atoms with E-state index in [9.17, 15) is 0 Å². The fraction of sp³-hybridized carbons (Fsp3) is 0.500. The van der Waals surface area contributed by atoms with Crippen molar-refractivity contribution in [2.45, 2.75) is 13.0 Å². The molecule has 4 heteroatoms. The van der Waals surface area contributed by atoms with Gasteiger partial charge in [0.05, 0.1) is 12.7 Å². The molecule has 0 aromatic heterocycles. The van der Waals surface area contributed by atoms with E-state index in [1.807, 2.05) is 38.2 Å². The van der Waals surface area contributed by atoms with Crippen LogP contribution in [-0.4, -0.2) is 32.9 Å². The van der Waals surface area contributed by atoms with Gasteiger partial charge in [-0.25, -0.2) is 0 Å². The Morgan fingerprint density at radius 1 is 1.38 bits per heavy atom. The van der Waals surface area contributed by atoms with Crippen molar-refractivity contribution in [2.75, 3.05) is 26.8 Å². The monoisotopic (exact) mass is 287 g/mol. The lowest BCUT2D eigenvalue weighted by molar-refractivity contribution is 0.0458. The van der Waals surface area contributed by atoms with E-state index in [0.29, 0.717) is 13.2 Å². The van der Waals surface area contributed by atoms with Crippen molar-refractivity contribution < 1.29 is 9.47 Å². The molecule has 0 spiro atoms. The molecule has 1 atom stereocenters. The van der Waals surface area contributed by atoms with Gasteiger partial charge < -0.3 is 14.8 Å². The largest absolute Gasteiger partial charge is 0.491 e. The van der Waals surface area contributed by atoms with E-state index in [2.05, 4.69) is 21.2 Å². The summed E-state index contributed by atoms with van der Waals surface area (Å²) in [5.41, 5.74) is 0. The summed E-state index contributed by atoms with van der Waals surface area (Å²) in [5, 5.41) is 3.06. The van der Waals surface area contributed by atoms with Crippen LogP contribution in [0.3, 0.4) is 0 Å². The quantitative estimate of drug-likeness (QED) is 0.782. The molecule has 0 fully saturated rings. The van der Waals surface area contributed by atoms with Gasteiger partial charge in [0.1, 0.15) is 12.4 Å². The molecule has 0 saturated heterocycles. The highest BCUT2D eigenvalue weighted by molar-refractivity contribution is 9.10. The number of halogens is 1. The summed E-state index contributed by atoms with van der Waals surface area (Å²) >= 11 is 3.40. The Morgan fingerprint density at radius 2 is 2.19 bits per heavy atom. The van der Waals surface area contributed by atoms with Crippen LogP contribution in [0.15, 0.2) is 28.7 Å². The van der Waals surface area contributed by atoms with Crippen LogP contribution in [0.5, 0.6) is 5.75 Å². The summed E-state index contributed by atoms with van der Waals surface area (Å²) in [6.07, 6.45) is 0.219. The van der Waals surface area contributed by atoms with Crippen LogP contribution in [0, 0.1) is 0 Å². The molecule has 0 aliphatic rings. The summed E-state index contributed by atoms with van der Waals surface area (Å²) in [4.78, 5) is 0. The summed E-state index contributed by atoms with van der Waals surface area (Å²) in [6.45, 7) is 4.08. The molecule has 3 nitrogen and oxygen atoms in total. The smallest absolute Gasteiger partial charge is 0.120 e. The Hall–Kier alpha value is -0.580. The highest BCUT2D eigenvalue weighted by Gasteiger charge is 2.00. The van der Waals surface area contributed by atoms with Gasteiger partial charge in [-0.05, 0) is 32.2 Å². The predicted molar refractivity (Wildman–Crippen MR) is 69.0 cm³/mol. The zero-order valence-corrected chi connectivity index (χ0v) is 11.3. The second-order valence-corrected chi connectivity index (χ2v) is 4.46. The lowest BCUT2D eigenvalue weighted by Gasteiger charge is -2.12. The number of likely N-dealkylation sites (N-methyl/N-ethyl adjacent to an activating group) is 1. The number of hydrogen-bond donors (Lipinski definition) is 1. The van der Waals surface area contributed by atoms with E-state index in [-0.39, 0.29) is 6.10 Å². The van der Waals surface area contributed by atoms with Crippen LogP contribution >= 0.6 is 15.9 Å². The molecule has 0 saturated carbocycles. The molecule has 0 aliphatic carbocycles. The molecular formula is C12H18BrNO2. The van der Waals surface area contributed by atoms with Gasteiger partial charge in [0.2, 0.25) is 0 Å². The Morgan fingerprint density at radius 3 is 2.88 bits per heavy atom. The minimum atomic E-state index is 0.219. The van der Waals surface area contributed by atoms with Crippen molar-refractivity contribution in [3.63, 3.8) is 0 Å². The summed E-state index contributed by atoms with van der Waals surface area (Å²) in [7, 11) is 1.91. The average molecular weight is 288 g/mol. The molecular weight excluding hydrogens is 270 g/mol. The van der Waals surface area contributed by atoms with Crippen LogP contribution in [0.4, 0.5) is 0 Å². The molecule has 0 radical (unpaired) electrons. The third kappa shape index (κ3) is 5.49. The number of ether oxygens (including phenoxy) is 2. The van der Waals surface area contributed by atoms with Crippen LogP contribution in [-0.2, 0) is 4.74 Å². The number of rotatable bonds is 7. The van der Waals surface area contributed by atoms with E-state index in [1.54, 1.807) is 0 Å². The van der Waals surface area contributed by atoms with E-state index < -0.39 is 0 Å². The predicted octanol–water partition coefficient (Wildman–Crippen LogP) is 2.45. The topological polar surface area (TPSA) is 30.5 Å². The van der Waals surface area contributed by atoms with Crippen molar-refractivity contribution in [1.82, 2.24) is 5.32 Å². The van der Waals surface area contributed by atoms with E-state index in [4.69, 9.17) is 9.47 Å². The third-order valence-electron chi connectivity index (χ3n) is 2.04.